The molecule has 1 fully saturated rings. The second-order valence-corrected chi connectivity index (χ2v) is 5.16. The first-order valence-corrected chi connectivity index (χ1v) is 7.30. The number of carbonyl (C=O) groups excluding carboxylic acids is 2. The van der Waals surface area contributed by atoms with Gasteiger partial charge in [0.05, 0.1) is 6.61 Å². The molecule has 5 heteroatoms. The van der Waals surface area contributed by atoms with E-state index in [4.69, 9.17) is 4.74 Å². The van der Waals surface area contributed by atoms with Gasteiger partial charge in [-0.25, -0.2) is 4.79 Å². The van der Waals surface area contributed by atoms with E-state index in [1.807, 2.05) is 7.05 Å². The normalized spacial score (nSPS) is 14.6. The number of hydrogen-bond donors (Lipinski definition) is 1. The fourth-order valence-corrected chi connectivity index (χ4v) is 1.94. The van der Waals surface area contributed by atoms with Crippen LogP contribution in [0.15, 0.2) is 0 Å². The largest absolute Gasteiger partial charge is 0.450 e. The monoisotopic (exact) mass is 270 g/mol. The van der Waals surface area contributed by atoms with E-state index in [1.165, 1.54) is 6.42 Å². The Kier molecular flexibility index (Phi) is 7.30. The number of alkyl carbamates (subject to hydrolysis) is 1. The Morgan fingerprint density at radius 3 is 2.63 bits per heavy atom. The van der Waals surface area contributed by atoms with Gasteiger partial charge in [-0.15, -0.1) is 0 Å². The molecule has 1 aliphatic rings. The molecule has 0 unspecified atom stereocenters. The number of nitrogens with zero attached hydrogens (tertiary/aromatic N) is 1. The molecule has 0 aromatic rings. The maximum Gasteiger partial charge on any atom is 0.407 e. The first kappa shape index (κ1) is 15.8. The number of nitrogens with one attached hydrogen (secondary N) is 1. The van der Waals surface area contributed by atoms with E-state index in [1.54, 1.807) is 4.90 Å². The van der Waals surface area contributed by atoms with Crippen LogP contribution in [-0.2, 0) is 9.53 Å². The molecule has 110 valence electrons. The Hall–Kier alpha value is -1.26. The summed E-state index contributed by atoms with van der Waals surface area (Å²) in [6.45, 7) is 3.76. The molecule has 0 aromatic carbocycles. The highest BCUT2D eigenvalue weighted by Crippen LogP contribution is 2.27. The van der Waals surface area contributed by atoms with Crippen LogP contribution in [0.25, 0.3) is 0 Å². The molecule has 0 atom stereocenters. The summed E-state index contributed by atoms with van der Waals surface area (Å²) in [4.78, 5) is 24.9. The van der Waals surface area contributed by atoms with Crippen molar-refractivity contribution in [3.63, 3.8) is 0 Å². The molecule has 0 aliphatic heterocycles. The predicted molar refractivity (Wildman–Crippen MR) is 73.9 cm³/mol. The third-order valence-electron chi connectivity index (χ3n) is 3.50. The van der Waals surface area contributed by atoms with Gasteiger partial charge in [-0.3, -0.25) is 4.79 Å². The van der Waals surface area contributed by atoms with Gasteiger partial charge in [0.15, 0.2) is 0 Å². The number of rotatable bonds is 8. The van der Waals surface area contributed by atoms with Crippen molar-refractivity contribution in [2.24, 2.45) is 5.92 Å². The minimum Gasteiger partial charge on any atom is -0.450 e. The molecule has 0 aromatic heterocycles. The molecule has 0 radical (unpaired) electrons. The van der Waals surface area contributed by atoms with Crippen molar-refractivity contribution in [1.29, 1.82) is 0 Å². The van der Waals surface area contributed by atoms with Crippen molar-refractivity contribution < 1.29 is 14.3 Å². The predicted octanol–water partition coefficient (Wildman–Crippen LogP) is 2.16. The summed E-state index contributed by atoms with van der Waals surface area (Å²) >= 11 is 0. The minimum absolute atomic E-state index is 0.247. The average Bonchev–Trinajstić information content (AvgIpc) is 2.32. The lowest BCUT2D eigenvalue weighted by Gasteiger charge is -2.29. The summed E-state index contributed by atoms with van der Waals surface area (Å²) in [5.74, 6) is 0.494. The molecule has 5 nitrogen and oxygen atoms in total. The van der Waals surface area contributed by atoms with Crippen LogP contribution in [0, 0.1) is 5.92 Å². The molecule has 0 spiro atoms. The zero-order chi connectivity index (χ0) is 14.1. The molecule has 19 heavy (non-hydrogen) atoms. The van der Waals surface area contributed by atoms with E-state index in [2.05, 4.69) is 12.2 Å². The zero-order valence-corrected chi connectivity index (χ0v) is 12.1. The van der Waals surface area contributed by atoms with Gasteiger partial charge in [-0.1, -0.05) is 19.8 Å². The molecule has 0 saturated heterocycles. The molecular formula is C14H26N2O3. The zero-order valence-electron chi connectivity index (χ0n) is 12.1. The number of ether oxygens (including phenoxy) is 1. The molecule has 2 amide bonds. The fourth-order valence-electron chi connectivity index (χ4n) is 1.94. The van der Waals surface area contributed by atoms with E-state index >= 15 is 0 Å². The van der Waals surface area contributed by atoms with E-state index in [0.717, 1.165) is 32.1 Å². The minimum atomic E-state index is -0.360. The standard InChI is InChI=1S/C14H26N2O3/c1-3-4-11-19-14(18)15-9-6-10-16(2)13(17)12-7-5-8-12/h12H,3-11H2,1-2H3,(H,15,18). The summed E-state index contributed by atoms with van der Waals surface area (Å²) in [7, 11) is 1.83. The Labute approximate surface area is 115 Å². The van der Waals surface area contributed by atoms with E-state index < -0.39 is 0 Å². The van der Waals surface area contributed by atoms with Gasteiger partial charge >= 0.3 is 6.09 Å². The highest BCUT2D eigenvalue weighted by atomic mass is 16.5. The molecule has 0 bridgehead atoms. The van der Waals surface area contributed by atoms with Crippen LogP contribution in [-0.4, -0.2) is 43.6 Å². The van der Waals surface area contributed by atoms with Gasteiger partial charge in [0, 0.05) is 26.1 Å². The second-order valence-electron chi connectivity index (χ2n) is 5.16. The maximum atomic E-state index is 11.8. The Balaban J connectivity index is 2.00. The van der Waals surface area contributed by atoms with Crippen LogP contribution < -0.4 is 5.32 Å². The van der Waals surface area contributed by atoms with E-state index in [-0.39, 0.29) is 17.9 Å². The van der Waals surface area contributed by atoms with Crippen molar-refractivity contribution in [2.75, 3.05) is 26.7 Å². The topological polar surface area (TPSA) is 58.6 Å². The number of carbonyl (C=O) groups is 2. The van der Waals surface area contributed by atoms with Crippen molar-refractivity contribution in [3.8, 4) is 0 Å². The average molecular weight is 270 g/mol. The maximum absolute atomic E-state index is 11.8. The molecule has 1 aliphatic carbocycles. The summed E-state index contributed by atoms with van der Waals surface area (Å²) in [5, 5.41) is 2.69. The van der Waals surface area contributed by atoms with Crippen molar-refractivity contribution in [2.45, 2.75) is 45.4 Å². The molecule has 1 saturated carbocycles. The fraction of sp³-hybridized carbons (Fsp3) is 0.857. The summed E-state index contributed by atoms with van der Waals surface area (Å²) in [6.07, 6.45) is 5.55. The smallest absolute Gasteiger partial charge is 0.407 e. The summed E-state index contributed by atoms with van der Waals surface area (Å²) in [5.41, 5.74) is 0. The quantitative estimate of drug-likeness (QED) is 0.688. The SMILES string of the molecule is CCCCOC(=O)NCCCN(C)C(=O)C1CCC1. The van der Waals surface area contributed by atoms with Gasteiger partial charge in [0.1, 0.15) is 0 Å². The molecule has 1 rings (SSSR count). The Morgan fingerprint density at radius 1 is 1.32 bits per heavy atom. The van der Waals surface area contributed by atoms with Crippen LogP contribution in [0.5, 0.6) is 0 Å². The van der Waals surface area contributed by atoms with Crippen LogP contribution in [0.2, 0.25) is 0 Å². The molecular weight excluding hydrogens is 244 g/mol. The lowest BCUT2D eigenvalue weighted by Crippen LogP contribution is -2.37. The van der Waals surface area contributed by atoms with Gasteiger partial charge < -0.3 is 15.0 Å². The van der Waals surface area contributed by atoms with E-state index in [9.17, 15) is 9.59 Å². The molecule has 0 heterocycles. The van der Waals surface area contributed by atoms with Gasteiger partial charge in [-0.05, 0) is 25.7 Å². The van der Waals surface area contributed by atoms with Crippen LogP contribution in [0.1, 0.15) is 45.4 Å². The lowest BCUT2D eigenvalue weighted by atomic mass is 9.84. The van der Waals surface area contributed by atoms with Crippen molar-refractivity contribution >= 4 is 12.0 Å². The van der Waals surface area contributed by atoms with Gasteiger partial charge in [0.25, 0.3) is 0 Å². The van der Waals surface area contributed by atoms with Crippen molar-refractivity contribution in [3.05, 3.63) is 0 Å². The highest BCUT2D eigenvalue weighted by molar-refractivity contribution is 5.79. The Morgan fingerprint density at radius 2 is 2.05 bits per heavy atom. The van der Waals surface area contributed by atoms with E-state index in [0.29, 0.717) is 19.7 Å². The highest BCUT2D eigenvalue weighted by Gasteiger charge is 2.27. The van der Waals surface area contributed by atoms with Crippen LogP contribution in [0.4, 0.5) is 4.79 Å². The lowest BCUT2D eigenvalue weighted by molar-refractivity contribution is -0.136. The third-order valence-corrected chi connectivity index (χ3v) is 3.50. The number of amides is 2. The summed E-state index contributed by atoms with van der Waals surface area (Å²) in [6, 6.07) is 0. The van der Waals surface area contributed by atoms with Gasteiger partial charge in [0.2, 0.25) is 5.91 Å². The van der Waals surface area contributed by atoms with Crippen LogP contribution in [0.3, 0.4) is 0 Å². The first-order valence-electron chi connectivity index (χ1n) is 7.30. The van der Waals surface area contributed by atoms with Gasteiger partial charge in [-0.2, -0.15) is 0 Å². The summed E-state index contributed by atoms with van der Waals surface area (Å²) < 4.78 is 4.97. The molecule has 1 N–H and O–H groups in total. The Bertz CT molecular complexity index is 290. The second kappa shape index (κ2) is 8.77. The first-order chi connectivity index (χ1) is 9.15. The van der Waals surface area contributed by atoms with Crippen LogP contribution >= 0.6 is 0 Å². The van der Waals surface area contributed by atoms with Crippen molar-refractivity contribution in [1.82, 2.24) is 10.2 Å². The number of unbranched alkanes of at least 4 members (excludes halogenated alkanes) is 1. The number of hydrogen-bond acceptors (Lipinski definition) is 3. The third kappa shape index (κ3) is 5.94.